The van der Waals surface area contributed by atoms with Gasteiger partial charge in [0.15, 0.2) is 5.76 Å². The summed E-state index contributed by atoms with van der Waals surface area (Å²) in [7, 11) is 0. The minimum absolute atomic E-state index is 0.0169. The number of ketones is 1. The van der Waals surface area contributed by atoms with Gasteiger partial charge in [-0.05, 0) is 18.6 Å². The molecular formula is C12H14N2O3. The van der Waals surface area contributed by atoms with E-state index in [0.29, 0.717) is 6.54 Å². The van der Waals surface area contributed by atoms with Gasteiger partial charge in [0, 0.05) is 18.9 Å². The Morgan fingerprint density at radius 3 is 2.76 bits per heavy atom. The molecule has 0 aliphatic carbocycles. The van der Waals surface area contributed by atoms with Crippen LogP contribution < -0.4 is 5.69 Å². The molecular weight excluding hydrogens is 220 g/mol. The van der Waals surface area contributed by atoms with Crippen molar-refractivity contribution in [3.63, 3.8) is 0 Å². The maximum atomic E-state index is 11.8. The third-order valence-electron chi connectivity index (χ3n) is 2.49. The lowest BCUT2D eigenvalue weighted by Gasteiger charge is -1.99. The minimum Gasteiger partial charge on any atom is -0.461 e. The van der Waals surface area contributed by atoms with Crippen molar-refractivity contribution in [3.05, 3.63) is 47.0 Å². The molecule has 0 fully saturated rings. The van der Waals surface area contributed by atoms with Gasteiger partial charge in [-0.15, -0.1) is 0 Å². The van der Waals surface area contributed by atoms with E-state index in [4.69, 9.17) is 4.42 Å². The molecule has 2 rings (SSSR count). The van der Waals surface area contributed by atoms with E-state index >= 15 is 0 Å². The summed E-state index contributed by atoms with van der Waals surface area (Å²) in [6, 6.07) is 3.24. The van der Waals surface area contributed by atoms with E-state index in [-0.39, 0.29) is 23.8 Å². The van der Waals surface area contributed by atoms with Crippen molar-refractivity contribution in [2.75, 3.05) is 0 Å². The molecule has 2 heterocycles. The van der Waals surface area contributed by atoms with Crippen LogP contribution in [-0.2, 0) is 13.1 Å². The molecule has 0 saturated heterocycles. The van der Waals surface area contributed by atoms with E-state index < -0.39 is 0 Å². The molecule has 0 atom stereocenters. The van der Waals surface area contributed by atoms with Gasteiger partial charge in [-0.2, -0.15) is 0 Å². The number of Topliss-reactive ketones (excluding diaryl/α,β-unsaturated/α-hetero) is 1. The second-order valence-electron chi connectivity index (χ2n) is 3.80. The highest BCUT2D eigenvalue weighted by molar-refractivity contribution is 5.93. The van der Waals surface area contributed by atoms with Crippen LogP contribution in [0.3, 0.4) is 0 Å². The number of hydrogen-bond acceptors (Lipinski definition) is 3. The average Bonchev–Trinajstić information content (AvgIpc) is 2.94. The standard InChI is InChI=1S/C12H14N2O3/c1-2-5-13-6-7-14(12(13)16)9-10(15)11-4-3-8-17-11/h3-4,6-8H,2,5,9H2,1H3. The first-order valence-corrected chi connectivity index (χ1v) is 5.54. The van der Waals surface area contributed by atoms with Crippen molar-refractivity contribution in [3.8, 4) is 0 Å². The number of carbonyl (C=O) groups excluding carboxylic acids is 1. The zero-order valence-electron chi connectivity index (χ0n) is 9.63. The van der Waals surface area contributed by atoms with Gasteiger partial charge >= 0.3 is 5.69 Å². The molecule has 0 spiro atoms. The SMILES string of the molecule is CCCn1ccn(CC(=O)c2ccco2)c1=O. The summed E-state index contributed by atoms with van der Waals surface area (Å²) in [5, 5.41) is 0. The fraction of sp³-hybridized carbons (Fsp3) is 0.333. The van der Waals surface area contributed by atoms with Crippen LogP contribution in [0.5, 0.6) is 0 Å². The summed E-state index contributed by atoms with van der Waals surface area (Å²) in [4.78, 5) is 23.5. The van der Waals surface area contributed by atoms with Gasteiger partial charge in [0.05, 0.1) is 12.8 Å². The molecule has 90 valence electrons. The third-order valence-corrected chi connectivity index (χ3v) is 2.49. The summed E-state index contributed by atoms with van der Waals surface area (Å²) in [6.45, 7) is 2.68. The Bertz CT molecular complexity index is 549. The second-order valence-corrected chi connectivity index (χ2v) is 3.80. The average molecular weight is 234 g/mol. The number of hydrogen-bond donors (Lipinski definition) is 0. The maximum Gasteiger partial charge on any atom is 0.328 e. The first-order chi connectivity index (χ1) is 8.22. The molecule has 0 unspecified atom stereocenters. The predicted octanol–water partition coefficient (Wildman–Crippen LogP) is 1.54. The number of aromatic nitrogens is 2. The van der Waals surface area contributed by atoms with Crippen LogP contribution in [0.2, 0.25) is 0 Å². The van der Waals surface area contributed by atoms with Gasteiger partial charge in [-0.1, -0.05) is 6.92 Å². The Hall–Kier alpha value is -2.04. The highest BCUT2D eigenvalue weighted by Crippen LogP contribution is 2.02. The first-order valence-electron chi connectivity index (χ1n) is 5.54. The molecule has 0 N–H and O–H groups in total. The first kappa shape index (κ1) is 11.4. The number of nitrogens with zero attached hydrogens (tertiary/aromatic N) is 2. The molecule has 0 amide bonds. The highest BCUT2D eigenvalue weighted by atomic mass is 16.3. The summed E-state index contributed by atoms with van der Waals surface area (Å²) in [5.41, 5.74) is -0.160. The van der Waals surface area contributed by atoms with Crippen molar-refractivity contribution >= 4 is 5.78 Å². The molecule has 0 saturated carbocycles. The zero-order valence-corrected chi connectivity index (χ0v) is 9.63. The van der Waals surface area contributed by atoms with Crippen LogP contribution in [0.25, 0.3) is 0 Å². The van der Waals surface area contributed by atoms with Gasteiger partial charge in [-0.25, -0.2) is 4.79 Å². The summed E-state index contributed by atoms with van der Waals surface area (Å²) in [6.07, 6.45) is 5.65. The van der Waals surface area contributed by atoms with Crippen LogP contribution >= 0.6 is 0 Å². The number of rotatable bonds is 5. The molecule has 2 aromatic heterocycles. The van der Waals surface area contributed by atoms with Crippen molar-refractivity contribution in [2.45, 2.75) is 26.4 Å². The largest absolute Gasteiger partial charge is 0.461 e. The van der Waals surface area contributed by atoms with Gasteiger partial charge in [-0.3, -0.25) is 13.9 Å². The zero-order chi connectivity index (χ0) is 12.3. The van der Waals surface area contributed by atoms with Crippen molar-refractivity contribution < 1.29 is 9.21 Å². The summed E-state index contributed by atoms with van der Waals surface area (Å²) < 4.78 is 7.97. The molecule has 0 aromatic carbocycles. The molecule has 0 aliphatic heterocycles. The van der Waals surface area contributed by atoms with E-state index in [1.165, 1.54) is 10.8 Å². The Morgan fingerprint density at radius 1 is 1.35 bits per heavy atom. The van der Waals surface area contributed by atoms with E-state index in [1.807, 2.05) is 6.92 Å². The molecule has 5 nitrogen and oxygen atoms in total. The van der Waals surface area contributed by atoms with Gasteiger partial charge in [0.25, 0.3) is 0 Å². The topological polar surface area (TPSA) is 57.1 Å². The van der Waals surface area contributed by atoms with E-state index in [0.717, 1.165) is 6.42 Å². The molecule has 0 bridgehead atoms. The molecule has 5 heteroatoms. The van der Waals surface area contributed by atoms with Gasteiger partial charge < -0.3 is 4.42 Å². The van der Waals surface area contributed by atoms with Gasteiger partial charge in [0.2, 0.25) is 5.78 Å². The number of imidazole rings is 1. The Labute approximate surface area is 98.3 Å². The Morgan fingerprint density at radius 2 is 2.12 bits per heavy atom. The number of carbonyl (C=O) groups is 1. The number of aryl methyl sites for hydroxylation is 1. The predicted molar refractivity (Wildman–Crippen MR) is 62.0 cm³/mol. The fourth-order valence-corrected chi connectivity index (χ4v) is 1.65. The monoisotopic (exact) mass is 234 g/mol. The maximum absolute atomic E-state index is 11.8. The highest BCUT2D eigenvalue weighted by Gasteiger charge is 2.11. The molecule has 0 radical (unpaired) electrons. The van der Waals surface area contributed by atoms with Crippen LogP contribution in [-0.4, -0.2) is 14.9 Å². The fourth-order valence-electron chi connectivity index (χ4n) is 1.65. The minimum atomic E-state index is -0.202. The van der Waals surface area contributed by atoms with Gasteiger partial charge in [0.1, 0.15) is 0 Å². The third kappa shape index (κ3) is 2.38. The molecule has 0 aliphatic rings. The van der Waals surface area contributed by atoms with Crippen molar-refractivity contribution in [2.24, 2.45) is 0 Å². The van der Waals surface area contributed by atoms with Crippen LogP contribution in [0.1, 0.15) is 23.9 Å². The van der Waals surface area contributed by atoms with E-state index in [9.17, 15) is 9.59 Å². The number of furan rings is 1. The molecule has 17 heavy (non-hydrogen) atoms. The Balaban J connectivity index is 2.14. The van der Waals surface area contributed by atoms with Crippen LogP contribution in [0, 0.1) is 0 Å². The smallest absolute Gasteiger partial charge is 0.328 e. The van der Waals surface area contributed by atoms with Crippen LogP contribution in [0.15, 0.2) is 40.0 Å². The van der Waals surface area contributed by atoms with E-state index in [1.54, 1.807) is 29.1 Å². The Kier molecular flexibility index (Phi) is 3.27. The lowest BCUT2D eigenvalue weighted by atomic mass is 10.3. The second kappa shape index (κ2) is 4.86. The van der Waals surface area contributed by atoms with Crippen molar-refractivity contribution in [1.29, 1.82) is 0 Å². The molecule has 2 aromatic rings. The van der Waals surface area contributed by atoms with Crippen LogP contribution in [0.4, 0.5) is 0 Å². The lowest BCUT2D eigenvalue weighted by molar-refractivity contribution is 0.0943. The normalized spacial score (nSPS) is 10.6. The summed E-state index contributed by atoms with van der Waals surface area (Å²) in [5.74, 6) is 0.0755. The quantitative estimate of drug-likeness (QED) is 0.737. The van der Waals surface area contributed by atoms with E-state index in [2.05, 4.69) is 0 Å². The lowest BCUT2D eigenvalue weighted by Crippen LogP contribution is -2.26. The summed E-state index contributed by atoms with van der Waals surface area (Å²) >= 11 is 0. The van der Waals surface area contributed by atoms with Crippen molar-refractivity contribution in [1.82, 2.24) is 9.13 Å².